The van der Waals surface area contributed by atoms with E-state index >= 15 is 0 Å². The first-order valence-corrected chi connectivity index (χ1v) is 12.3. The van der Waals surface area contributed by atoms with Gasteiger partial charge in [-0.2, -0.15) is 0 Å². The normalized spacial score (nSPS) is 20.7. The highest BCUT2D eigenvalue weighted by atomic mass is 28.4. The van der Waals surface area contributed by atoms with Gasteiger partial charge in [0.05, 0.1) is 18.1 Å². The van der Waals surface area contributed by atoms with E-state index in [4.69, 9.17) is 14.9 Å². The molecule has 154 valence electrons. The molecule has 0 aromatic heterocycles. The summed E-state index contributed by atoms with van der Waals surface area (Å²) in [5, 5.41) is 2.87. The topological polar surface area (TPSA) is 108 Å². The molecule has 28 heavy (non-hydrogen) atoms. The molecule has 1 heterocycles. The van der Waals surface area contributed by atoms with Crippen LogP contribution in [0.25, 0.3) is 0 Å². The van der Waals surface area contributed by atoms with E-state index in [1.807, 2.05) is 6.92 Å². The summed E-state index contributed by atoms with van der Waals surface area (Å²) >= 11 is 0. The molecule has 2 amide bonds. The van der Waals surface area contributed by atoms with Crippen LogP contribution in [0.3, 0.4) is 0 Å². The van der Waals surface area contributed by atoms with Crippen LogP contribution in [0.5, 0.6) is 5.75 Å². The summed E-state index contributed by atoms with van der Waals surface area (Å²) in [7, 11) is -2.01. The highest BCUT2D eigenvalue weighted by Crippen LogP contribution is 2.39. The molecule has 8 heteroatoms. The van der Waals surface area contributed by atoms with Crippen LogP contribution in [0.4, 0.5) is 4.79 Å². The molecule has 1 saturated heterocycles. The Hall–Kier alpha value is -2.19. The van der Waals surface area contributed by atoms with E-state index in [1.165, 1.54) is 12.1 Å². The number of β-lactam (4-membered cyclic amide) rings is 1. The summed E-state index contributed by atoms with van der Waals surface area (Å²) < 4.78 is 11.1. The van der Waals surface area contributed by atoms with Gasteiger partial charge < -0.3 is 20.2 Å². The fourth-order valence-electron chi connectivity index (χ4n) is 3.03. The number of ketones is 1. The zero-order chi connectivity index (χ0) is 21.3. The molecule has 3 N–H and O–H groups in total. The van der Waals surface area contributed by atoms with Gasteiger partial charge in [-0.3, -0.25) is 9.59 Å². The quantitative estimate of drug-likeness (QED) is 0.410. The molecule has 0 unspecified atom stereocenters. The SMILES string of the molecule is C[C@@H](O[Si](C)(C)C(C)(C)C)[C@H]1C(=O)N[C@@H]1CC(=O)c1ccc(OC(N)=O)cc1. The number of nitrogens with two attached hydrogens (primary N) is 1. The van der Waals surface area contributed by atoms with Gasteiger partial charge in [-0.25, -0.2) is 4.79 Å². The van der Waals surface area contributed by atoms with Crippen molar-refractivity contribution < 1.29 is 23.5 Å². The Kier molecular flexibility index (Phi) is 6.35. The van der Waals surface area contributed by atoms with Crippen LogP contribution in [-0.2, 0) is 9.22 Å². The van der Waals surface area contributed by atoms with Crippen molar-refractivity contribution in [3.8, 4) is 5.75 Å². The van der Waals surface area contributed by atoms with Crippen molar-refractivity contribution in [3.05, 3.63) is 29.8 Å². The number of ether oxygens (including phenoxy) is 1. The van der Waals surface area contributed by atoms with Crippen LogP contribution in [0.2, 0.25) is 18.1 Å². The van der Waals surface area contributed by atoms with Gasteiger partial charge in [-0.05, 0) is 49.3 Å². The molecule has 0 saturated carbocycles. The fourth-order valence-corrected chi connectivity index (χ4v) is 4.46. The highest BCUT2D eigenvalue weighted by molar-refractivity contribution is 6.74. The molecular formula is C20H30N2O5Si. The van der Waals surface area contributed by atoms with Gasteiger partial charge in [0.15, 0.2) is 14.1 Å². The third kappa shape index (κ3) is 4.99. The first-order chi connectivity index (χ1) is 12.8. The predicted molar refractivity (Wildman–Crippen MR) is 109 cm³/mol. The molecule has 1 aromatic rings. The van der Waals surface area contributed by atoms with E-state index < -0.39 is 14.4 Å². The summed E-state index contributed by atoms with van der Waals surface area (Å²) in [6.45, 7) is 12.7. The minimum atomic E-state index is -2.01. The number of nitrogens with one attached hydrogen (secondary N) is 1. The number of carbonyl (C=O) groups is 3. The molecule has 1 fully saturated rings. The van der Waals surface area contributed by atoms with Gasteiger partial charge in [-0.15, -0.1) is 0 Å². The van der Waals surface area contributed by atoms with Gasteiger partial charge in [0.2, 0.25) is 5.91 Å². The third-order valence-electron chi connectivity index (χ3n) is 5.66. The Balaban J connectivity index is 2.01. The van der Waals surface area contributed by atoms with Crippen LogP contribution >= 0.6 is 0 Å². The zero-order valence-electron chi connectivity index (χ0n) is 17.4. The standard InChI is InChI=1S/C20H30N2O5Si/c1-12(27-28(5,6)20(2,3)4)17-15(22-18(17)24)11-16(23)13-7-9-14(10-8-13)26-19(21)25/h7-10,12,15,17H,11H2,1-6H3,(H2,21,25)(H,22,24)/t12-,15-,17-/m1/s1. The monoisotopic (exact) mass is 406 g/mol. The summed E-state index contributed by atoms with van der Waals surface area (Å²) in [5.74, 6) is -0.236. The van der Waals surface area contributed by atoms with Crippen LogP contribution < -0.4 is 15.8 Å². The predicted octanol–water partition coefficient (Wildman–Crippen LogP) is 3.24. The van der Waals surface area contributed by atoms with Gasteiger partial charge >= 0.3 is 6.09 Å². The Morgan fingerprint density at radius 1 is 1.21 bits per heavy atom. The fraction of sp³-hybridized carbons (Fsp3) is 0.550. The second-order valence-corrected chi connectivity index (χ2v) is 13.6. The van der Waals surface area contributed by atoms with Crippen molar-refractivity contribution in [1.29, 1.82) is 0 Å². The lowest BCUT2D eigenvalue weighted by molar-refractivity contribution is -0.139. The van der Waals surface area contributed by atoms with Crippen molar-refractivity contribution in [3.63, 3.8) is 0 Å². The summed E-state index contributed by atoms with van der Waals surface area (Å²) in [5.41, 5.74) is 5.44. The molecule has 3 atom stereocenters. The van der Waals surface area contributed by atoms with Crippen LogP contribution in [0.1, 0.15) is 44.5 Å². The number of amides is 2. The van der Waals surface area contributed by atoms with Crippen molar-refractivity contribution in [2.45, 2.75) is 64.4 Å². The molecule has 1 aromatic carbocycles. The van der Waals surface area contributed by atoms with Crippen LogP contribution in [-0.4, -0.2) is 38.2 Å². The van der Waals surface area contributed by atoms with Gasteiger partial charge in [-0.1, -0.05) is 20.8 Å². The van der Waals surface area contributed by atoms with E-state index in [0.717, 1.165) is 0 Å². The second kappa shape index (κ2) is 8.04. The number of Topliss-reactive ketones (excluding diaryl/α,β-unsaturated/α-hetero) is 1. The third-order valence-corrected chi connectivity index (χ3v) is 10.2. The van der Waals surface area contributed by atoms with Crippen molar-refractivity contribution in [2.24, 2.45) is 11.7 Å². The number of carbonyl (C=O) groups excluding carboxylic acids is 3. The lowest BCUT2D eigenvalue weighted by Crippen LogP contribution is -2.64. The van der Waals surface area contributed by atoms with E-state index in [1.54, 1.807) is 12.1 Å². The van der Waals surface area contributed by atoms with Crippen molar-refractivity contribution in [1.82, 2.24) is 5.32 Å². The average Bonchev–Trinajstić information content (AvgIpc) is 2.52. The Bertz CT molecular complexity index is 755. The Morgan fingerprint density at radius 3 is 2.25 bits per heavy atom. The average molecular weight is 407 g/mol. The van der Waals surface area contributed by atoms with Gasteiger partial charge in [0.1, 0.15) is 5.75 Å². The molecule has 2 rings (SSSR count). The molecule has 0 radical (unpaired) electrons. The summed E-state index contributed by atoms with van der Waals surface area (Å²) in [4.78, 5) is 35.5. The van der Waals surface area contributed by atoms with Gasteiger partial charge in [0, 0.05) is 12.0 Å². The number of benzene rings is 1. The Morgan fingerprint density at radius 2 is 1.79 bits per heavy atom. The van der Waals surface area contributed by atoms with E-state index in [9.17, 15) is 14.4 Å². The maximum absolute atomic E-state index is 12.6. The molecule has 0 aliphatic carbocycles. The zero-order valence-corrected chi connectivity index (χ0v) is 18.4. The molecule has 1 aliphatic rings. The first-order valence-electron chi connectivity index (χ1n) is 9.40. The number of hydrogen-bond donors (Lipinski definition) is 2. The molecule has 0 bridgehead atoms. The maximum Gasteiger partial charge on any atom is 0.409 e. The molecule has 7 nitrogen and oxygen atoms in total. The van der Waals surface area contributed by atoms with E-state index in [2.05, 4.69) is 39.2 Å². The molecule has 1 aliphatic heterocycles. The first kappa shape index (κ1) is 22.1. The molecular weight excluding hydrogens is 376 g/mol. The van der Waals surface area contributed by atoms with Crippen molar-refractivity contribution in [2.75, 3.05) is 0 Å². The smallest absolute Gasteiger partial charge is 0.409 e. The van der Waals surface area contributed by atoms with E-state index in [0.29, 0.717) is 5.56 Å². The maximum atomic E-state index is 12.6. The van der Waals surface area contributed by atoms with Gasteiger partial charge in [0.25, 0.3) is 0 Å². The number of hydrogen-bond acceptors (Lipinski definition) is 5. The van der Waals surface area contributed by atoms with Crippen molar-refractivity contribution >= 4 is 26.1 Å². The summed E-state index contributed by atoms with van der Waals surface area (Å²) in [6, 6.07) is 5.93. The highest BCUT2D eigenvalue weighted by Gasteiger charge is 2.47. The minimum Gasteiger partial charge on any atom is -0.413 e. The van der Waals surface area contributed by atoms with Crippen LogP contribution in [0.15, 0.2) is 24.3 Å². The number of rotatable bonds is 7. The largest absolute Gasteiger partial charge is 0.413 e. The minimum absolute atomic E-state index is 0.0432. The van der Waals surface area contributed by atoms with E-state index in [-0.39, 0.29) is 47.0 Å². The number of primary amides is 1. The lowest BCUT2D eigenvalue weighted by Gasteiger charge is -2.45. The Labute approximate surface area is 167 Å². The summed E-state index contributed by atoms with van der Waals surface area (Å²) in [6.07, 6.45) is -0.967. The lowest BCUT2D eigenvalue weighted by atomic mass is 9.82. The molecule has 0 spiro atoms. The van der Waals surface area contributed by atoms with Crippen LogP contribution in [0, 0.1) is 5.92 Å². The second-order valence-electron chi connectivity index (χ2n) is 8.80.